The maximum atomic E-state index is 14.0. The number of carbonyl (C=O) groups is 1. The van der Waals surface area contributed by atoms with E-state index in [4.69, 9.17) is 4.74 Å². The molecule has 0 spiro atoms. The van der Waals surface area contributed by atoms with Crippen LogP contribution in [0.1, 0.15) is 31.9 Å². The van der Waals surface area contributed by atoms with Gasteiger partial charge in [0.05, 0.1) is 14.9 Å². The normalized spacial score (nSPS) is 22.4. The lowest BCUT2D eigenvalue weighted by Crippen LogP contribution is -2.12. The zero-order valence-electron chi connectivity index (χ0n) is 13.3. The zero-order chi connectivity index (χ0) is 17.5. The summed E-state index contributed by atoms with van der Waals surface area (Å²) in [6, 6.07) is 0. The molecule has 2 atom stereocenters. The van der Waals surface area contributed by atoms with Crippen molar-refractivity contribution in [3.8, 4) is 0 Å². The lowest BCUT2D eigenvalue weighted by atomic mass is 10.1. The van der Waals surface area contributed by atoms with Gasteiger partial charge < -0.3 is 4.74 Å². The van der Waals surface area contributed by atoms with Gasteiger partial charge in [0.15, 0.2) is 0 Å². The first kappa shape index (κ1) is 18.6. The first-order valence-electron chi connectivity index (χ1n) is 7.25. The van der Waals surface area contributed by atoms with Gasteiger partial charge in [0.1, 0.15) is 18.2 Å². The summed E-state index contributed by atoms with van der Waals surface area (Å²) < 4.78 is 33.4. The molecular weight excluding hydrogens is 434 g/mol. The average Bonchev–Trinajstić information content (AvgIpc) is 3.04. The third-order valence-corrected chi connectivity index (χ3v) is 6.15. The fourth-order valence-corrected chi connectivity index (χ4v) is 4.33. The molecule has 1 saturated carbocycles. The van der Waals surface area contributed by atoms with E-state index < -0.39 is 11.6 Å². The van der Waals surface area contributed by atoms with Gasteiger partial charge in [0.2, 0.25) is 0 Å². The van der Waals surface area contributed by atoms with Crippen LogP contribution in [0.5, 0.6) is 0 Å². The molecule has 1 fully saturated rings. The molecule has 2 rings (SSSR count). The minimum atomic E-state index is -0.685. The monoisotopic (exact) mass is 450 g/mol. The van der Waals surface area contributed by atoms with Crippen molar-refractivity contribution in [1.29, 1.82) is 0 Å². The summed E-state index contributed by atoms with van der Waals surface area (Å²) >= 11 is 6.21. The standard InChI is InChI=1S/C17H18Br2F2O2/c1-5-6-10-11(17(10,3)4)16(22)23-7-9-12(18)14(20)8(2)15(21)13(9)19/h5-6,10-11H,7H2,1-4H3/b6-5-/t10-,11+/m1/s1. The molecule has 1 aliphatic rings. The predicted molar refractivity (Wildman–Crippen MR) is 91.9 cm³/mol. The largest absolute Gasteiger partial charge is 0.460 e. The van der Waals surface area contributed by atoms with Gasteiger partial charge in [-0.15, -0.1) is 0 Å². The molecule has 0 N–H and O–H groups in total. The molecule has 6 heteroatoms. The third kappa shape index (κ3) is 3.25. The van der Waals surface area contributed by atoms with Crippen LogP contribution in [0, 0.1) is 35.8 Å². The lowest BCUT2D eigenvalue weighted by molar-refractivity contribution is -0.147. The SMILES string of the molecule is C/C=C\[C@@H]1[C@@H](C(=O)OCc2c(Br)c(F)c(C)c(F)c2Br)C1(C)C. The Hall–Kier alpha value is -0.750. The van der Waals surface area contributed by atoms with Gasteiger partial charge in [0.25, 0.3) is 0 Å². The van der Waals surface area contributed by atoms with Crippen molar-refractivity contribution in [2.75, 3.05) is 0 Å². The van der Waals surface area contributed by atoms with Crippen molar-refractivity contribution in [3.05, 3.63) is 43.9 Å². The van der Waals surface area contributed by atoms with Crippen LogP contribution in [0.3, 0.4) is 0 Å². The second kappa shape index (κ2) is 6.63. The minimum Gasteiger partial charge on any atom is -0.460 e. The molecule has 0 aliphatic heterocycles. The summed E-state index contributed by atoms with van der Waals surface area (Å²) in [7, 11) is 0. The van der Waals surface area contributed by atoms with Crippen LogP contribution in [-0.4, -0.2) is 5.97 Å². The van der Waals surface area contributed by atoms with E-state index in [2.05, 4.69) is 31.9 Å². The van der Waals surface area contributed by atoms with Gasteiger partial charge in [0, 0.05) is 11.1 Å². The summed E-state index contributed by atoms with van der Waals surface area (Å²) in [4.78, 5) is 12.3. The van der Waals surface area contributed by atoms with Crippen molar-refractivity contribution in [2.24, 2.45) is 17.3 Å². The third-order valence-electron chi connectivity index (χ3n) is 4.50. The molecule has 2 nitrogen and oxygen atoms in total. The number of esters is 1. The number of ether oxygens (including phenoxy) is 1. The quantitative estimate of drug-likeness (QED) is 0.334. The molecule has 126 valence electrons. The average molecular weight is 452 g/mol. The van der Waals surface area contributed by atoms with Crippen molar-refractivity contribution < 1.29 is 18.3 Å². The second-order valence-electron chi connectivity index (χ2n) is 6.32. The number of halogens is 4. The minimum absolute atomic E-state index is 0.0877. The van der Waals surface area contributed by atoms with Gasteiger partial charge in [-0.3, -0.25) is 4.79 Å². The molecule has 1 aromatic carbocycles. The van der Waals surface area contributed by atoms with Crippen LogP contribution < -0.4 is 0 Å². The van der Waals surface area contributed by atoms with Crippen LogP contribution in [0.25, 0.3) is 0 Å². The van der Waals surface area contributed by atoms with Gasteiger partial charge in [-0.25, -0.2) is 8.78 Å². The Morgan fingerprint density at radius 2 is 1.78 bits per heavy atom. The fraction of sp³-hybridized carbons (Fsp3) is 0.471. The van der Waals surface area contributed by atoms with E-state index >= 15 is 0 Å². The van der Waals surface area contributed by atoms with Crippen molar-refractivity contribution in [2.45, 2.75) is 34.3 Å². The molecule has 23 heavy (non-hydrogen) atoms. The van der Waals surface area contributed by atoms with E-state index in [1.54, 1.807) is 0 Å². The summed E-state index contributed by atoms with van der Waals surface area (Å²) in [5.41, 5.74) is 0.0113. The number of rotatable bonds is 4. The number of allylic oxidation sites excluding steroid dienone is 2. The van der Waals surface area contributed by atoms with Crippen LogP contribution in [0.15, 0.2) is 21.1 Å². The van der Waals surface area contributed by atoms with E-state index in [-0.39, 0.29) is 49.9 Å². The maximum Gasteiger partial charge on any atom is 0.310 e. The highest BCUT2D eigenvalue weighted by atomic mass is 79.9. The molecule has 0 amide bonds. The van der Waals surface area contributed by atoms with Crippen LogP contribution in [0.2, 0.25) is 0 Å². The van der Waals surface area contributed by atoms with Crippen molar-refractivity contribution in [1.82, 2.24) is 0 Å². The fourth-order valence-electron chi connectivity index (χ4n) is 2.84. The summed E-state index contributed by atoms with van der Waals surface area (Å²) in [5.74, 6) is -1.81. The molecule has 1 aliphatic carbocycles. The molecule has 0 saturated heterocycles. The zero-order valence-corrected chi connectivity index (χ0v) is 16.5. The Morgan fingerprint density at radius 3 is 2.26 bits per heavy atom. The Bertz CT molecular complexity index is 655. The first-order chi connectivity index (χ1) is 10.6. The van der Waals surface area contributed by atoms with E-state index in [0.29, 0.717) is 0 Å². The highest BCUT2D eigenvalue weighted by Crippen LogP contribution is 2.59. The first-order valence-corrected chi connectivity index (χ1v) is 8.84. The molecule has 0 bridgehead atoms. The molecular formula is C17H18Br2F2O2. The Balaban J connectivity index is 2.15. The predicted octanol–water partition coefficient (Wildman–Crippen LogP) is 5.69. The molecule has 1 aromatic rings. The van der Waals surface area contributed by atoms with Crippen LogP contribution in [0.4, 0.5) is 8.78 Å². The van der Waals surface area contributed by atoms with Crippen molar-refractivity contribution >= 4 is 37.8 Å². The van der Waals surface area contributed by atoms with E-state index in [0.717, 1.165) is 0 Å². The van der Waals surface area contributed by atoms with E-state index in [1.807, 2.05) is 32.9 Å². The van der Waals surface area contributed by atoms with E-state index in [1.165, 1.54) is 6.92 Å². The van der Waals surface area contributed by atoms with Gasteiger partial charge in [-0.1, -0.05) is 26.0 Å². The molecule has 0 radical (unpaired) electrons. The highest BCUT2D eigenvalue weighted by molar-refractivity contribution is 9.11. The summed E-state index contributed by atoms with van der Waals surface area (Å²) in [6.07, 6.45) is 3.90. The van der Waals surface area contributed by atoms with Gasteiger partial charge in [-0.2, -0.15) is 0 Å². The number of benzene rings is 1. The molecule has 0 unspecified atom stereocenters. The van der Waals surface area contributed by atoms with Crippen LogP contribution in [-0.2, 0) is 16.1 Å². The van der Waals surface area contributed by atoms with Gasteiger partial charge in [-0.05, 0) is 57.0 Å². The Labute approximate surface area is 151 Å². The number of hydrogen-bond donors (Lipinski definition) is 0. The summed E-state index contributed by atoms with van der Waals surface area (Å²) in [5, 5.41) is 0. The smallest absolute Gasteiger partial charge is 0.310 e. The topological polar surface area (TPSA) is 26.3 Å². The lowest BCUT2D eigenvalue weighted by Gasteiger charge is -2.13. The highest BCUT2D eigenvalue weighted by Gasteiger charge is 2.61. The summed E-state index contributed by atoms with van der Waals surface area (Å²) in [6.45, 7) is 7.07. The maximum absolute atomic E-state index is 14.0. The molecule has 0 aromatic heterocycles. The second-order valence-corrected chi connectivity index (χ2v) is 7.90. The molecule has 0 heterocycles. The van der Waals surface area contributed by atoms with Crippen LogP contribution >= 0.6 is 31.9 Å². The van der Waals surface area contributed by atoms with Gasteiger partial charge >= 0.3 is 5.97 Å². The Kier molecular flexibility index (Phi) is 5.36. The number of carbonyl (C=O) groups excluding carboxylic acids is 1. The number of hydrogen-bond acceptors (Lipinski definition) is 2. The van der Waals surface area contributed by atoms with E-state index in [9.17, 15) is 13.6 Å². The van der Waals surface area contributed by atoms with Crippen molar-refractivity contribution in [3.63, 3.8) is 0 Å². The Morgan fingerprint density at radius 1 is 1.26 bits per heavy atom.